The van der Waals surface area contributed by atoms with Gasteiger partial charge in [0.15, 0.2) is 0 Å². The Morgan fingerprint density at radius 2 is 1.89 bits per heavy atom. The van der Waals surface area contributed by atoms with Gasteiger partial charge in [-0.2, -0.15) is 0 Å². The van der Waals surface area contributed by atoms with E-state index in [1.165, 1.54) is 0 Å². The summed E-state index contributed by atoms with van der Waals surface area (Å²) < 4.78 is 0. The van der Waals surface area contributed by atoms with Gasteiger partial charge in [0.05, 0.1) is 6.10 Å². The highest BCUT2D eigenvalue weighted by atomic mass is 16.3. The Morgan fingerprint density at radius 3 is 2.33 bits per heavy atom. The summed E-state index contributed by atoms with van der Waals surface area (Å²) in [5.41, 5.74) is 0. The lowest BCUT2D eigenvalue weighted by molar-refractivity contribution is 0.203. The summed E-state index contributed by atoms with van der Waals surface area (Å²) in [6.45, 7) is 3.69. The number of hydrogen-bond donors (Lipinski definition) is 2. The minimum Gasteiger partial charge on any atom is -0.396 e. The van der Waals surface area contributed by atoms with Gasteiger partial charge in [0, 0.05) is 6.61 Å². The van der Waals surface area contributed by atoms with E-state index in [1.54, 1.807) is 0 Å². The first-order valence-electron chi connectivity index (χ1n) is 3.39. The molecule has 0 aliphatic rings. The van der Waals surface area contributed by atoms with Crippen molar-refractivity contribution in [3.8, 4) is 0 Å². The van der Waals surface area contributed by atoms with Crippen LogP contribution in [0.5, 0.6) is 0 Å². The minimum absolute atomic E-state index is 0.257. The largest absolute Gasteiger partial charge is 0.396 e. The van der Waals surface area contributed by atoms with Gasteiger partial charge < -0.3 is 10.2 Å². The predicted octanol–water partition coefficient (Wildman–Crippen LogP) is 0.734. The Balaban J connectivity index is 2.75. The second kappa shape index (κ2) is 6.05. The van der Waals surface area contributed by atoms with E-state index in [0.29, 0.717) is 0 Å². The molecule has 0 aromatic rings. The summed E-state index contributed by atoms with van der Waals surface area (Å²) in [5.74, 6) is 0. The summed E-state index contributed by atoms with van der Waals surface area (Å²) in [4.78, 5) is 0. The van der Waals surface area contributed by atoms with Crippen LogP contribution in [-0.2, 0) is 0 Å². The van der Waals surface area contributed by atoms with Gasteiger partial charge in [-0.1, -0.05) is 12.8 Å². The van der Waals surface area contributed by atoms with Crippen molar-refractivity contribution >= 4 is 0 Å². The normalized spacial score (nSPS) is 13.7. The minimum atomic E-state index is -0.427. The predicted molar refractivity (Wildman–Crippen MR) is 36.9 cm³/mol. The number of rotatable bonds is 5. The third-order valence-corrected chi connectivity index (χ3v) is 1.20. The van der Waals surface area contributed by atoms with Crippen molar-refractivity contribution < 1.29 is 10.2 Å². The van der Waals surface area contributed by atoms with E-state index in [-0.39, 0.29) is 6.61 Å². The maximum atomic E-state index is 8.68. The second-order valence-electron chi connectivity index (χ2n) is 2.23. The molecule has 0 rings (SSSR count). The quantitative estimate of drug-likeness (QED) is 0.540. The fraction of sp³-hybridized carbons (Fsp3) is 0.857. The third-order valence-electron chi connectivity index (χ3n) is 1.20. The Labute approximate surface area is 56.5 Å². The molecule has 2 heteroatoms. The molecule has 0 aliphatic heterocycles. The van der Waals surface area contributed by atoms with Gasteiger partial charge in [-0.15, -0.1) is 0 Å². The summed E-state index contributed by atoms with van der Waals surface area (Å²) in [6, 6.07) is 0. The first-order valence-corrected chi connectivity index (χ1v) is 3.39. The Morgan fingerprint density at radius 1 is 1.22 bits per heavy atom. The molecule has 1 radical (unpaired) electrons. The lowest BCUT2D eigenvalue weighted by atomic mass is 10.1. The van der Waals surface area contributed by atoms with Crippen LogP contribution < -0.4 is 0 Å². The first-order chi connectivity index (χ1) is 4.27. The molecular weight excluding hydrogens is 116 g/mol. The SMILES string of the molecule is [CH2]C(O)CCCCCO. The third kappa shape index (κ3) is 7.92. The molecule has 0 saturated carbocycles. The van der Waals surface area contributed by atoms with Crippen molar-refractivity contribution in [2.24, 2.45) is 0 Å². The zero-order chi connectivity index (χ0) is 7.11. The highest BCUT2D eigenvalue weighted by Gasteiger charge is 1.93. The Bertz CT molecular complexity index is 52.9. The van der Waals surface area contributed by atoms with Crippen LogP contribution in [0.4, 0.5) is 0 Å². The van der Waals surface area contributed by atoms with Gasteiger partial charge in [0.25, 0.3) is 0 Å². The second-order valence-corrected chi connectivity index (χ2v) is 2.23. The standard InChI is InChI=1S/C7H15O2/c1-7(9)5-3-2-4-6-8/h7-9H,1-6H2. The van der Waals surface area contributed by atoms with E-state index >= 15 is 0 Å². The number of unbranched alkanes of at least 4 members (excludes halogenated alkanes) is 2. The molecule has 0 aromatic heterocycles. The molecule has 1 unspecified atom stereocenters. The van der Waals surface area contributed by atoms with Crippen molar-refractivity contribution in [3.63, 3.8) is 0 Å². The van der Waals surface area contributed by atoms with Crippen LogP contribution in [0, 0.1) is 6.92 Å². The molecule has 0 saturated heterocycles. The summed E-state index contributed by atoms with van der Waals surface area (Å²) in [6.07, 6.45) is 3.12. The molecule has 2 nitrogen and oxygen atoms in total. The molecule has 2 N–H and O–H groups in total. The monoisotopic (exact) mass is 131 g/mol. The van der Waals surface area contributed by atoms with E-state index in [1.807, 2.05) is 0 Å². The number of aliphatic hydroxyl groups excluding tert-OH is 2. The van der Waals surface area contributed by atoms with E-state index in [9.17, 15) is 0 Å². The number of hydrogen-bond acceptors (Lipinski definition) is 2. The Kier molecular flexibility index (Phi) is 5.99. The van der Waals surface area contributed by atoms with Gasteiger partial charge in [0.2, 0.25) is 0 Å². The van der Waals surface area contributed by atoms with E-state index in [4.69, 9.17) is 10.2 Å². The highest BCUT2D eigenvalue weighted by Crippen LogP contribution is 2.01. The van der Waals surface area contributed by atoms with Crippen molar-refractivity contribution in [1.29, 1.82) is 0 Å². The van der Waals surface area contributed by atoms with E-state index in [0.717, 1.165) is 25.7 Å². The molecule has 0 spiro atoms. The van der Waals surface area contributed by atoms with Crippen LogP contribution in [0.1, 0.15) is 25.7 Å². The van der Waals surface area contributed by atoms with Gasteiger partial charge in [-0.25, -0.2) is 0 Å². The highest BCUT2D eigenvalue weighted by molar-refractivity contribution is 4.55. The zero-order valence-electron chi connectivity index (χ0n) is 5.71. The molecule has 0 fully saturated rings. The van der Waals surface area contributed by atoms with E-state index < -0.39 is 6.10 Å². The smallest absolute Gasteiger partial charge is 0.0541 e. The Hall–Kier alpha value is -0.0800. The molecule has 0 aliphatic carbocycles. The number of aliphatic hydroxyl groups is 2. The topological polar surface area (TPSA) is 40.5 Å². The van der Waals surface area contributed by atoms with Crippen LogP contribution in [0.3, 0.4) is 0 Å². The first kappa shape index (κ1) is 8.92. The molecule has 55 valence electrons. The van der Waals surface area contributed by atoms with Gasteiger partial charge >= 0.3 is 0 Å². The molecule has 0 aromatic carbocycles. The van der Waals surface area contributed by atoms with Crippen molar-refractivity contribution in [3.05, 3.63) is 6.92 Å². The summed E-state index contributed by atoms with van der Waals surface area (Å²) in [7, 11) is 0. The van der Waals surface area contributed by atoms with Crippen molar-refractivity contribution in [1.82, 2.24) is 0 Å². The molecule has 0 bridgehead atoms. The molecule has 0 amide bonds. The van der Waals surface area contributed by atoms with Crippen LogP contribution in [0.25, 0.3) is 0 Å². The average Bonchev–Trinajstić information content (AvgIpc) is 1.80. The summed E-state index contributed by atoms with van der Waals surface area (Å²) >= 11 is 0. The fourth-order valence-corrected chi connectivity index (χ4v) is 0.669. The van der Waals surface area contributed by atoms with Crippen LogP contribution in [0.15, 0.2) is 0 Å². The molecule has 1 atom stereocenters. The molecular formula is C7H15O2. The van der Waals surface area contributed by atoms with E-state index in [2.05, 4.69) is 6.92 Å². The van der Waals surface area contributed by atoms with Gasteiger partial charge in [-0.3, -0.25) is 0 Å². The molecule has 0 heterocycles. The van der Waals surface area contributed by atoms with Crippen molar-refractivity contribution in [2.75, 3.05) is 6.61 Å². The van der Waals surface area contributed by atoms with Gasteiger partial charge in [0.1, 0.15) is 0 Å². The lowest BCUT2D eigenvalue weighted by Crippen LogP contribution is -1.99. The molecule has 9 heavy (non-hydrogen) atoms. The summed E-state index contributed by atoms with van der Waals surface area (Å²) in [5, 5.41) is 17.0. The van der Waals surface area contributed by atoms with Crippen LogP contribution in [0.2, 0.25) is 0 Å². The van der Waals surface area contributed by atoms with Crippen LogP contribution >= 0.6 is 0 Å². The van der Waals surface area contributed by atoms with Crippen LogP contribution in [-0.4, -0.2) is 22.9 Å². The zero-order valence-corrected chi connectivity index (χ0v) is 5.71. The van der Waals surface area contributed by atoms with Crippen molar-refractivity contribution in [2.45, 2.75) is 31.8 Å². The van der Waals surface area contributed by atoms with Gasteiger partial charge in [-0.05, 0) is 19.8 Å². The average molecular weight is 131 g/mol. The maximum absolute atomic E-state index is 8.68. The lowest BCUT2D eigenvalue weighted by Gasteiger charge is -2.00. The fourth-order valence-electron chi connectivity index (χ4n) is 0.669. The maximum Gasteiger partial charge on any atom is 0.0541 e.